The largest absolute Gasteiger partial charge is 0.495 e. The van der Waals surface area contributed by atoms with Crippen molar-refractivity contribution in [2.24, 2.45) is 10.9 Å². The van der Waals surface area contributed by atoms with Crippen LogP contribution >= 0.6 is 0 Å². The summed E-state index contributed by atoms with van der Waals surface area (Å²) in [6.45, 7) is 8.42. The fraction of sp³-hybridized carbons (Fsp3) is 0.348. The summed E-state index contributed by atoms with van der Waals surface area (Å²) >= 11 is 0. The van der Waals surface area contributed by atoms with E-state index in [1.165, 1.54) is 28.8 Å². The average Bonchev–Trinajstić information content (AvgIpc) is 2.64. The lowest BCUT2D eigenvalue weighted by Gasteiger charge is -2.25. The Bertz CT molecular complexity index is 915. The van der Waals surface area contributed by atoms with Crippen molar-refractivity contribution in [3.63, 3.8) is 0 Å². The van der Waals surface area contributed by atoms with Crippen LogP contribution in [0.5, 0.6) is 5.75 Å². The monoisotopic (exact) mass is 366 g/mol. The summed E-state index contributed by atoms with van der Waals surface area (Å²) in [5.41, 5.74) is 6.70. The fourth-order valence-electron chi connectivity index (χ4n) is 3.68. The number of amidine groups is 1. The number of aryl methyl sites for hydroxylation is 1. The van der Waals surface area contributed by atoms with Gasteiger partial charge in [-0.25, -0.2) is 9.38 Å². The molecule has 1 aliphatic rings. The maximum Gasteiger partial charge on any atom is 0.142 e. The van der Waals surface area contributed by atoms with Gasteiger partial charge in [-0.3, -0.25) is 0 Å². The van der Waals surface area contributed by atoms with Gasteiger partial charge in [0, 0.05) is 6.07 Å². The number of methoxy groups -OCH3 is 1. The number of aliphatic imine (C=N–C) groups is 1. The summed E-state index contributed by atoms with van der Waals surface area (Å²) in [4.78, 5) is 4.86. The fourth-order valence-corrected chi connectivity index (χ4v) is 3.68. The summed E-state index contributed by atoms with van der Waals surface area (Å²) in [6, 6.07) is 8.71. The molecule has 1 atom stereocenters. The Kier molecular flexibility index (Phi) is 5.64. The molecule has 0 saturated carbocycles. The molecular weight excluding hydrogens is 339 g/mol. The Labute approximate surface area is 161 Å². The molecule has 2 aromatic rings. The van der Waals surface area contributed by atoms with E-state index in [0.29, 0.717) is 23.2 Å². The molecule has 0 heterocycles. The van der Waals surface area contributed by atoms with Crippen LogP contribution in [0.4, 0.5) is 15.8 Å². The van der Waals surface area contributed by atoms with Crippen molar-refractivity contribution in [2.45, 2.75) is 40.5 Å². The zero-order chi connectivity index (χ0) is 19.6. The van der Waals surface area contributed by atoms with Crippen LogP contribution in [0.3, 0.4) is 0 Å². The third kappa shape index (κ3) is 4.05. The standard InChI is InChI=1S/C23H27FN2O/c1-6-17-12-20-18(11-15(17)3)8-7-14(2)23(20)26-16(4)25-21-13-19(24)9-10-22(21)27-5/h7-11,13,17H,6,12H2,1-5H3,(H,25,26). The van der Waals surface area contributed by atoms with E-state index in [2.05, 4.69) is 44.3 Å². The lowest BCUT2D eigenvalue weighted by Crippen LogP contribution is -2.13. The van der Waals surface area contributed by atoms with Crippen LogP contribution in [-0.4, -0.2) is 12.9 Å². The van der Waals surface area contributed by atoms with Gasteiger partial charge in [0.05, 0.1) is 18.5 Å². The highest BCUT2D eigenvalue weighted by Crippen LogP contribution is 2.37. The Balaban J connectivity index is 1.98. The number of anilines is 1. The molecule has 0 aromatic heterocycles. The van der Waals surface area contributed by atoms with Crippen molar-refractivity contribution in [2.75, 3.05) is 12.4 Å². The first-order chi connectivity index (χ1) is 12.9. The normalized spacial score (nSPS) is 16.6. The lowest BCUT2D eigenvalue weighted by atomic mass is 9.81. The van der Waals surface area contributed by atoms with Gasteiger partial charge in [0.25, 0.3) is 0 Å². The number of rotatable bonds is 4. The maximum atomic E-state index is 13.6. The first kappa shape index (κ1) is 19.2. The van der Waals surface area contributed by atoms with Crippen molar-refractivity contribution in [3.05, 3.63) is 58.4 Å². The van der Waals surface area contributed by atoms with Gasteiger partial charge < -0.3 is 10.1 Å². The first-order valence-electron chi connectivity index (χ1n) is 9.39. The average molecular weight is 366 g/mol. The van der Waals surface area contributed by atoms with Gasteiger partial charge in [0.1, 0.15) is 17.4 Å². The Morgan fingerprint density at radius 1 is 1.26 bits per heavy atom. The number of hydrogen-bond acceptors (Lipinski definition) is 2. The number of nitrogens with zero attached hydrogens (tertiary/aromatic N) is 1. The summed E-state index contributed by atoms with van der Waals surface area (Å²) in [6.07, 6.45) is 4.41. The number of nitrogens with one attached hydrogen (secondary N) is 1. The highest BCUT2D eigenvalue weighted by atomic mass is 19.1. The van der Waals surface area contributed by atoms with Crippen molar-refractivity contribution >= 4 is 23.3 Å². The van der Waals surface area contributed by atoms with Crippen LogP contribution in [0.25, 0.3) is 6.08 Å². The molecule has 4 heteroatoms. The van der Waals surface area contributed by atoms with Crippen LogP contribution < -0.4 is 10.1 Å². The first-order valence-corrected chi connectivity index (χ1v) is 9.39. The van der Waals surface area contributed by atoms with Crippen LogP contribution in [-0.2, 0) is 6.42 Å². The van der Waals surface area contributed by atoms with Gasteiger partial charge in [-0.2, -0.15) is 0 Å². The molecule has 2 aromatic carbocycles. The zero-order valence-electron chi connectivity index (χ0n) is 16.7. The number of benzene rings is 2. The summed E-state index contributed by atoms with van der Waals surface area (Å²) < 4.78 is 18.9. The second kappa shape index (κ2) is 7.95. The Hall–Kier alpha value is -2.62. The van der Waals surface area contributed by atoms with Crippen LogP contribution in [0.1, 0.15) is 43.9 Å². The molecular formula is C23H27FN2O. The van der Waals surface area contributed by atoms with Crippen LogP contribution in [0.15, 0.2) is 40.9 Å². The molecule has 0 fully saturated rings. The van der Waals surface area contributed by atoms with Gasteiger partial charge >= 0.3 is 0 Å². The molecule has 0 spiro atoms. The van der Waals surface area contributed by atoms with E-state index in [-0.39, 0.29) is 5.82 Å². The van der Waals surface area contributed by atoms with Gasteiger partial charge in [0.15, 0.2) is 0 Å². The lowest BCUT2D eigenvalue weighted by molar-refractivity contribution is 0.416. The molecule has 0 amide bonds. The van der Waals surface area contributed by atoms with Crippen LogP contribution in [0.2, 0.25) is 0 Å². The molecule has 0 aliphatic heterocycles. The SMILES string of the molecule is CCC1Cc2c(ccc(C)c2N=C(C)Nc2cc(F)ccc2OC)C=C1C. The van der Waals surface area contributed by atoms with Crippen LogP contribution in [0, 0.1) is 18.7 Å². The molecule has 3 rings (SSSR count). The van der Waals surface area contributed by atoms with E-state index in [0.717, 1.165) is 24.1 Å². The number of allylic oxidation sites excluding steroid dienone is 1. The summed E-state index contributed by atoms with van der Waals surface area (Å²) in [5, 5.41) is 3.19. The third-order valence-corrected chi connectivity index (χ3v) is 5.25. The Morgan fingerprint density at radius 3 is 2.74 bits per heavy atom. The van der Waals surface area contributed by atoms with E-state index >= 15 is 0 Å². The van der Waals surface area contributed by atoms with Crippen molar-refractivity contribution in [1.82, 2.24) is 0 Å². The highest BCUT2D eigenvalue weighted by molar-refractivity contribution is 5.97. The minimum absolute atomic E-state index is 0.314. The van der Waals surface area contributed by atoms with E-state index < -0.39 is 0 Å². The number of hydrogen-bond donors (Lipinski definition) is 1. The second-order valence-electron chi connectivity index (χ2n) is 7.16. The van der Waals surface area contributed by atoms with E-state index in [9.17, 15) is 4.39 Å². The predicted octanol–water partition coefficient (Wildman–Crippen LogP) is 6.29. The number of fused-ring (bicyclic) bond motifs is 1. The number of halogens is 1. The van der Waals surface area contributed by atoms with Crippen molar-refractivity contribution in [3.8, 4) is 5.75 Å². The summed E-state index contributed by atoms with van der Waals surface area (Å²) in [5.74, 6) is 1.53. The van der Waals surface area contributed by atoms with Gasteiger partial charge in [-0.1, -0.05) is 30.7 Å². The minimum atomic E-state index is -0.314. The zero-order valence-corrected chi connectivity index (χ0v) is 16.7. The number of ether oxygens (including phenoxy) is 1. The third-order valence-electron chi connectivity index (χ3n) is 5.25. The van der Waals surface area contributed by atoms with Gasteiger partial charge in [0.2, 0.25) is 0 Å². The highest BCUT2D eigenvalue weighted by Gasteiger charge is 2.21. The maximum absolute atomic E-state index is 13.6. The Morgan fingerprint density at radius 2 is 2.04 bits per heavy atom. The van der Waals surface area contributed by atoms with Crippen molar-refractivity contribution < 1.29 is 9.13 Å². The van der Waals surface area contributed by atoms with E-state index in [4.69, 9.17) is 9.73 Å². The molecule has 27 heavy (non-hydrogen) atoms. The topological polar surface area (TPSA) is 33.6 Å². The van der Waals surface area contributed by atoms with E-state index in [1.54, 1.807) is 13.2 Å². The predicted molar refractivity (Wildman–Crippen MR) is 112 cm³/mol. The second-order valence-corrected chi connectivity index (χ2v) is 7.16. The van der Waals surface area contributed by atoms with Gasteiger partial charge in [-0.15, -0.1) is 0 Å². The van der Waals surface area contributed by atoms with Gasteiger partial charge in [-0.05, 0) is 68.4 Å². The molecule has 142 valence electrons. The molecule has 1 unspecified atom stereocenters. The smallest absolute Gasteiger partial charge is 0.142 e. The molecule has 1 N–H and O–H groups in total. The van der Waals surface area contributed by atoms with E-state index in [1.807, 2.05) is 6.92 Å². The molecule has 0 bridgehead atoms. The van der Waals surface area contributed by atoms with Crippen molar-refractivity contribution in [1.29, 1.82) is 0 Å². The molecule has 0 radical (unpaired) electrons. The summed E-state index contributed by atoms with van der Waals surface area (Å²) in [7, 11) is 1.57. The molecule has 1 aliphatic carbocycles. The molecule has 0 saturated heterocycles. The molecule has 3 nitrogen and oxygen atoms in total. The quantitative estimate of drug-likeness (QED) is 0.509. The minimum Gasteiger partial charge on any atom is -0.495 e.